The van der Waals surface area contributed by atoms with Gasteiger partial charge in [0.1, 0.15) is 11.9 Å². The molecule has 3 N–H and O–H groups in total. The van der Waals surface area contributed by atoms with Gasteiger partial charge in [0, 0.05) is 11.7 Å². The summed E-state index contributed by atoms with van der Waals surface area (Å²) in [6, 6.07) is 5.52. The third-order valence-electron chi connectivity index (χ3n) is 2.53. The highest BCUT2D eigenvalue weighted by Gasteiger charge is 2.39. The number of nitrogens with one attached hydrogen (secondary N) is 1. The molecule has 0 radical (unpaired) electrons. The molecule has 1 amide bonds. The minimum Gasteiger partial charge on any atom is -0.327 e. The molecule has 4 nitrogen and oxygen atoms in total. The number of nitrogens with zero attached hydrogens (tertiary/aromatic N) is 1. The minimum atomic E-state index is -0.594. The van der Waals surface area contributed by atoms with Crippen LogP contribution < -0.4 is 11.1 Å². The minimum absolute atomic E-state index is 0.0733. The standard InChI is InChI=1S/C11H10FN3O/c12-9-2-1-7(3-6(9)5-13)15-11(16)8-4-10(8)14/h1-3,8,10H,4,14H2,(H,15,16). The Labute approximate surface area is 91.9 Å². The molecule has 2 unspecified atom stereocenters. The Balaban J connectivity index is 2.10. The molecule has 16 heavy (non-hydrogen) atoms. The van der Waals surface area contributed by atoms with E-state index in [9.17, 15) is 9.18 Å². The molecule has 0 aromatic heterocycles. The Morgan fingerprint density at radius 1 is 1.62 bits per heavy atom. The van der Waals surface area contributed by atoms with E-state index in [2.05, 4.69) is 5.32 Å². The fourth-order valence-corrected chi connectivity index (χ4v) is 1.44. The predicted molar refractivity (Wildman–Crippen MR) is 55.8 cm³/mol. The summed E-state index contributed by atoms with van der Waals surface area (Å²) < 4.78 is 13.0. The largest absolute Gasteiger partial charge is 0.327 e. The first-order valence-electron chi connectivity index (χ1n) is 4.88. The van der Waals surface area contributed by atoms with Crippen LogP contribution in [0.4, 0.5) is 10.1 Å². The summed E-state index contributed by atoms with van der Waals surface area (Å²) in [5.74, 6) is -0.929. The number of benzene rings is 1. The molecule has 0 bridgehead atoms. The van der Waals surface area contributed by atoms with Crippen molar-refractivity contribution in [1.29, 1.82) is 5.26 Å². The van der Waals surface area contributed by atoms with Gasteiger partial charge < -0.3 is 11.1 Å². The second-order valence-electron chi connectivity index (χ2n) is 3.80. The van der Waals surface area contributed by atoms with Crippen LogP contribution in [0, 0.1) is 23.1 Å². The van der Waals surface area contributed by atoms with E-state index in [0.717, 1.165) is 6.07 Å². The average molecular weight is 219 g/mol. The maximum Gasteiger partial charge on any atom is 0.229 e. The SMILES string of the molecule is N#Cc1cc(NC(=O)C2CC2N)ccc1F. The van der Waals surface area contributed by atoms with Crippen LogP contribution in [0.2, 0.25) is 0 Å². The van der Waals surface area contributed by atoms with Crippen molar-refractivity contribution >= 4 is 11.6 Å². The number of nitrogens with two attached hydrogens (primary N) is 1. The summed E-state index contributed by atoms with van der Waals surface area (Å²) in [4.78, 5) is 11.5. The third-order valence-corrected chi connectivity index (χ3v) is 2.53. The Bertz CT molecular complexity index is 481. The van der Waals surface area contributed by atoms with Gasteiger partial charge in [0.2, 0.25) is 5.91 Å². The van der Waals surface area contributed by atoms with E-state index in [1.807, 2.05) is 0 Å². The average Bonchev–Trinajstić information content (AvgIpc) is 2.98. The summed E-state index contributed by atoms with van der Waals surface area (Å²) in [5, 5.41) is 11.2. The van der Waals surface area contributed by atoms with Crippen molar-refractivity contribution in [2.45, 2.75) is 12.5 Å². The molecule has 1 aromatic carbocycles. The van der Waals surface area contributed by atoms with E-state index in [0.29, 0.717) is 12.1 Å². The first kappa shape index (κ1) is 10.6. The van der Waals surface area contributed by atoms with E-state index in [4.69, 9.17) is 11.0 Å². The molecule has 5 heteroatoms. The first-order chi connectivity index (χ1) is 7.61. The molecule has 0 aliphatic heterocycles. The lowest BCUT2D eigenvalue weighted by atomic mass is 10.2. The zero-order valence-corrected chi connectivity index (χ0v) is 8.40. The van der Waals surface area contributed by atoms with Crippen LogP contribution in [0.3, 0.4) is 0 Å². The highest BCUT2D eigenvalue weighted by molar-refractivity contribution is 5.95. The van der Waals surface area contributed by atoms with Crippen LogP contribution in [0.1, 0.15) is 12.0 Å². The van der Waals surface area contributed by atoms with Crippen LogP contribution in [0.5, 0.6) is 0 Å². The van der Waals surface area contributed by atoms with Gasteiger partial charge in [-0.25, -0.2) is 4.39 Å². The Morgan fingerprint density at radius 3 is 2.88 bits per heavy atom. The van der Waals surface area contributed by atoms with E-state index >= 15 is 0 Å². The quantitative estimate of drug-likeness (QED) is 0.778. The molecule has 1 aliphatic carbocycles. The van der Waals surface area contributed by atoms with E-state index in [1.54, 1.807) is 6.07 Å². The monoisotopic (exact) mass is 219 g/mol. The van der Waals surface area contributed by atoms with Gasteiger partial charge in [-0.15, -0.1) is 0 Å². The van der Waals surface area contributed by atoms with E-state index in [1.165, 1.54) is 12.1 Å². The summed E-state index contributed by atoms with van der Waals surface area (Å²) in [6.45, 7) is 0. The van der Waals surface area contributed by atoms with Crippen LogP contribution >= 0.6 is 0 Å². The molecule has 2 atom stereocenters. The summed E-state index contributed by atoms with van der Waals surface area (Å²) in [5.41, 5.74) is 5.86. The van der Waals surface area contributed by atoms with Gasteiger partial charge in [-0.2, -0.15) is 5.26 Å². The molecule has 1 fully saturated rings. The van der Waals surface area contributed by atoms with Gasteiger partial charge in [-0.05, 0) is 24.6 Å². The number of nitriles is 1. The summed E-state index contributed by atoms with van der Waals surface area (Å²) >= 11 is 0. The molecule has 82 valence electrons. The topological polar surface area (TPSA) is 78.9 Å². The van der Waals surface area contributed by atoms with Crippen molar-refractivity contribution in [2.24, 2.45) is 11.7 Å². The summed E-state index contributed by atoms with van der Waals surface area (Å²) in [6.07, 6.45) is 0.679. The molecule has 2 rings (SSSR count). The van der Waals surface area contributed by atoms with Gasteiger partial charge in [-0.3, -0.25) is 4.79 Å². The third kappa shape index (κ3) is 2.02. The number of amides is 1. The normalized spacial score (nSPS) is 22.3. The number of carbonyl (C=O) groups excluding carboxylic acids is 1. The highest BCUT2D eigenvalue weighted by Crippen LogP contribution is 2.29. The van der Waals surface area contributed by atoms with Gasteiger partial charge in [-0.1, -0.05) is 0 Å². The number of anilines is 1. The number of hydrogen-bond acceptors (Lipinski definition) is 3. The van der Waals surface area contributed by atoms with Crippen LogP contribution in [-0.4, -0.2) is 11.9 Å². The molecule has 0 spiro atoms. The van der Waals surface area contributed by atoms with Crippen molar-refractivity contribution in [3.63, 3.8) is 0 Å². The second-order valence-corrected chi connectivity index (χ2v) is 3.80. The molecule has 1 aromatic rings. The van der Waals surface area contributed by atoms with Crippen LogP contribution in [0.25, 0.3) is 0 Å². The van der Waals surface area contributed by atoms with Gasteiger partial charge in [0.25, 0.3) is 0 Å². The van der Waals surface area contributed by atoms with Crippen LogP contribution in [0.15, 0.2) is 18.2 Å². The number of hydrogen-bond donors (Lipinski definition) is 2. The van der Waals surface area contributed by atoms with Crippen molar-refractivity contribution in [2.75, 3.05) is 5.32 Å². The maximum absolute atomic E-state index is 13.0. The Kier molecular flexibility index (Phi) is 2.59. The lowest BCUT2D eigenvalue weighted by Gasteiger charge is -2.04. The zero-order valence-electron chi connectivity index (χ0n) is 8.40. The van der Waals surface area contributed by atoms with Crippen molar-refractivity contribution in [3.05, 3.63) is 29.6 Å². The van der Waals surface area contributed by atoms with Gasteiger partial charge in [0.05, 0.1) is 11.5 Å². The van der Waals surface area contributed by atoms with Crippen molar-refractivity contribution in [1.82, 2.24) is 0 Å². The lowest BCUT2D eigenvalue weighted by molar-refractivity contribution is -0.117. The van der Waals surface area contributed by atoms with E-state index < -0.39 is 5.82 Å². The van der Waals surface area contributed by atoms with Gasteiger partial charge in [0.15, 0.2) is 0 Å². The fourth-order valence-electron chi connectivity index (χ4n) is 1.44. The molecular weight excluding hydrogens is 209 g/mol. The van der Waals surface area contributed by atoms with Crippen molar-refractivity contribution in [3.8, 4) is 6.07 Å². The predicted octanol–water partition coefficient (Wildman–Crippen LogP) is 0.983. The van der Waals surface area contributed by atoms with Gasteiger partial charge >= 0.3 is 0 Å². The smallest absolute Gasteiger partial charge is 0.229 e. The first-order valence-corrected chi connectivity index (χ1v) is 4.88. The number of rotatable bonds is 2. The molecule has 1 saturated carbocycles. The molecule has 0 saturated heterocycles. The fraction of sp³-hybridized carbons (Fsp3) is 0.273. The highest BCUT2D eigenvalue weighted by atomic mass is 19.1. The number of carbonyl (C=O) groups is 1. The zero-order chi connectivity index (χ0) is 11.7. The molecule has 0 heterocycles. The Morgan fingerprint density at radius 2 is 2.31 bits per heavy atom. The maximum atomic E-state index is 13.0. The molecular formula is C11H10FN3O. The van der Waals surface area contributed by atoms with Crippen molar-refractivity contribution < 1.29 is 9.18 Å². The lowest BCUT2D eigenvalue weighted by Crippen LogP contribution is -2.18. The van der Waals surface area contributed by atoms with Crippen LogP contribution in [-0.2, 0) is 4.79 Å². The molecule has 1 aliphatic rings. The second kappa shape index (κ2) is 3.91. The summed E-state index contributed by atoms with van der Waals surface area (Å²) in [7, 11) is 0. The van der Waals surface area contributed by atoms with E-state index in [-0.39, 0.29) is 23.4 Å². The Hall–Kier alpha value is -1.93. The number of halogens is 1.